The van der Waals surface area contributed by atoms with E-state index in [1.165, 1.54) is 0 Å². The molecule has 0 radical (unpaired) electrons. The second-order valence-corrected chi connectivity index (χ2v) is 4.93. The Balaban J connectivity index is 1.80. The first-order valence-corrected chi connectivity index (χ1v) is 6.48. The van der Waals surface area contributed by atoms with Crippen LogP contribution in [0.3, 0.4) is 0 Å². The van der Waals surface area contributed by atoms with Crippen LogP contribution in [-0.2, 0) is 14.3 Å². The largest absolute Gasteiger partial charge is 0.377 e. The summed E-state index contributed by atoms with van der Waals surface area (Å²) in [6.45, 7) is 3.58. The van der Waals surface area contributed by atoms with Gasteiger partial charge in [-0.25, -0.2) is 0 Å². The van der Waals surface area contributed by atoms with Crippen molar-refractivity contribution >= 4 is 5.91 Å². The molecule has 0 saturated carbocycles. The van der Waals surface area contributed by atoms with Crippen LogP contribution in [0.1, 0.15) is 25.7 Å². The first-order chi connectivity index (χ1) is 8.24. The van der Waals surface area contributed by atoms with Gasteiger partial charge < -0.3 is 15.2 Å². The van der Waals surface area contributed by atoms with Gasteiger partial charge in [-0.05, 0) is 25.7 Å². The monoisotopic (exact) mass is 242 g/mol. The van der Waals surface area contributed by atoms with Gasteiger partial charge in [-0.2, -0.15) is 0 Å². The van der Waals surface area contributed by atoms with E-state index in [2.05, 4.69) is 4.90 Å². The minimum absolute atomic E-state index is 0.260. The molecule has 98 valence electrons. The number of hydrogen-bond donors (Lipinski definition) is 1. The normalized spacial score (nSPS) is 29.0. The minimum atomic E-state index is -0.277. The summed E-state index contributed by atoms with van der Waals surface area (Å²) in [6.07, 6.45) is 4.93. The predicted octanol–water partition coefficient (Wildman–Crippen LogP) is 0.132. The molecule has 2 heterocycles. The van der Waals surface area contributed by atoms with Crippen molar-refractivity contribution in [1.29, 1.82) is 0 Å². The lowest BCUT2D eigenvalue weighted by atomic mass is 10.2. The zero-order chi connectivity index (χ0) is 12.1. The standard InChI is InChI=1S/C12H22N2O3/c13-12(15)9-14(7-10-3-1-5-16-10)8-11-4-2-6-17-11/h10-11H,1-9H2,(H2,13,15)/t10-,11-/m0/s1. The number of amides is 1. The summed E-state index contributed by atoms with van der Waals surface area (Å²) in [5, 5.41) is 0. The van der Waals surface area contributed by atoms with Crippen molar-refractivity contribution < 1.29 is 14.3 Å². The fraction of sp³-hybridized carbons (Fsp3) is 0.917. The van der Waals surface area contributed by atoms with Gasteiger partial charge in [0.15, 0.2) is 0 Å². The van der Waals surface area contributed by atoms with E-state index in [4.69, 9.17) is 15.2 Å². The fourth-order valence-corrected chi connectivity index (χ4v) is 2.58. The third-order valence-corrected chi connectivity index (χ3v) is 3.35. The zero-order valence-corrected chi connectivity index (χ0v) is 10.3. The predicted molar refractivity (Wildman–Crippen MR) is 63.6 cm³/mol. The van der Waals surface area contributed by atoms with E-state index in [1.807, 2.05) is 0 Å². The van der Waals surface area contributed by atoms with Gasteiger partial charge in [-0.15, -0.1) is 0 Å². The quantitative estimate of drug-likeness (QED) is 0.719. The van der Waals surface area contributed by atoms with Crippen molar-refractivity contribution in [1.82, 2.24) is 4.90 Å². The molecule has 1 amide bonds. The van der Waals surface area contributed by atoms with Crippen LogP contribution in [0.2, 0.25) is 0 Å². The Kier molecular flexibility index (Phi) is 4.76. The second kappa shape index (κ2) is 6.33. The molecule has 2 saturated heterocycles. The molecule has 2 aliphatic rings. The maximum Gasteiger partial charge on any atom is 0.231 e. The molecule has 5 nitrogen and oxygen atoms in total. The Morgan fingerprint density at radius 3 is 2.00 bits per heavy atom. The van der Waals surface area contributed by atoms with Crippen molar-refractivity contribution in [2.75, 3.05) is 32.8 Å². The van der Waals surface area contributed by atoms with E-state index in [1.54, 1.807) is 0 Å². The number of carbonyl (C=O) groups excluding carboxylic acids is 1. The highest BCUT2D eigenvalue weighted by Crippen LogP contribution is 2.16. The van der Waals surface area contributed by atoms with E-state index in [0.717, 1.165) is 52.0 Å². The number of nitrogens with zero attached hydrogens (tertiary/aromatic N) is 1. The number of primary amides is 1. The van der Waals surface area contributed by atoms with Crippen LogP contribution in [0.15, 0.2) is 0 Å². The molecule has 0 spiro atoms. The van der Waals surface area contributed by atoms with Crippen molar-refractivity contribution in [3.63, 3.8) is 0 Å². The highest BCUT2D eigenvalue weighted by atomic mass is 16.5. The molecule has 0 aromatic rings. The van der Waals surface area contributed by atoms with Gasteiger partial charge >= 0.3 is 0 Å². The summed E-state index contributed by atoms with van der Waals surface area (Å²) in [4.78, 5) is 13.1. The molecule has 0 aromatic carbocycles. The van der Waals surface area contributed by atoms with Gasteiger partial charge in [0.1, 0.15) is 0 Å². The van der Waals surface area contributed by atoms with Crippen molar-refractivity contribution in [2.45, 2.75) is 37.9 Å². The molecule has 2 rings (SSSR count). The third kappa shape index (κ3) is 4.26. The Morgan fingerprint density at radius 1 is 1.12 bits per heavy atom. The molecule has 2 N–H and O–H groups in total. The summed E-state index contributed by atoms with van der Waals surface area (Å²) in [7, 11) is 0. The van der Waals surface area contributed by atoms with E-state index in [-0.39, 0.29) is 18.1 Å². The van der Waals surface area contributed by atoms with Crippen molar-refractivity contribution in [3.8, 4) is 0 Å². The van der Waals surface area contributed by atoms with Crippen LogP contribution in [0.5, 0.6) is 0 Å². The van der Waals surface area contributed by atoms with E-state index >= 15 is 0 Å². The summed E-state index contributed by atoms with van der Waals surface area (Å²) in [6, 6.07) is 0. The van der Waals surface area contributed by atoms with Crippen LogP contribution < -0.4 is 5.73 Å². The molecule has 17 heavy (non-hydrogen) atoms. The number of hydrogen-bond acceptors (Lipinski definition) is 4. The molecule has 5 heteroatoms. The summed E-state index contributed by atoms with van der Waals surface area (Å²) < 4.78 is 11.2. The zero-order valence-electron chi connectivity index (χ0n) is 10.3. The highest BCUT2D eigenvalue weighted by molar-refractivity contribution is 5.75. The molecule has 2 atom stereocenters. The lowest BCUT2D eigenvalue weighted by molar-refractivity contribution is -0.119. The molecule has 2 fully saturated rings. The first-order valence-electron chi connectivity index (χ1n) is 6.48. The summed E-state index contributed by atoms with van der Waals surface area (Å²) in [5.41, 5.74) is 5.28. The van der Waals surface area contributed by atoms with Crippen LogP contribution in [0.4, 0.5) is 0 Å². The van der Waals surface area contributed by atoms with Crippen molar-refractivity contribution in [3.05, 3.63) is 0 Å². The average molecular weight is 242 g/mol. The fourth-order valence-electron chi connectivity index (χ4n) is 2.58. The van der Waals surface area contributed by atoms with Gasteiger partial charge in [0.25, 0.3) is 0 Å². The van der Waals surface area contributed by atoms with Crippen LogP contribution in [-0.4, -0.2) is 55.9 Å². The van der Waals surface area contributed by atoms with Gasteiger partial charge in [0, 0.05) is 26.3 Å². The molecule has 0 bridgehead atoms. The van der Waals surface area contributed by atoms with Gasteiger partial charge in [0.2, 0.25) is 5.91 Å². The van der Waals surface area contributed by atoms with Crippen molar-refractivity contribution in [2.24, 2.45) is 5.73 Å². The topological polar surface area (TPSA) is 64.8 Å². The third-order valence-electron chi connectivity index (χ3n) is 3.35. The lowest BCUT2D eigenvalue weighted by Gasteiger charge is -2.26. The maximum atomic E-state index is 11.1. The number of ether oxygens (including phenoxy) is 2. The first kappa shape index (κ1) is 12.8. The van der Waals surface area contributed by atoms with E-state index in [9.17, 15) is 4.79 Å². The number of nitrogens with two attached hydrogens (primary N) is 1. The molecule has 0 aromatic heterocycles. The van der Waals surface area contributed by atoms with Crippen LogP contribution >= 0.6 is 0 Å². The maximum absolute atomic E-state index is 11.1. The summed E-state index contributed by atoms with van der Waals surface area (Å²) in [5.74, 6) is -0.277. The average Bonchev–Trinajstić information content (AvgIpc) is 2.89. The van der Waals surface area contributed by atoms with E-state index in [0.29, 0.717) is 6.54 Å². The lowest BCUT2D eigenvalue weighted by Crippen LogP contribution is -2.42. The molecule has 2 aliphatic heterocycles. The van der Waals surface area contributed by atoms with Crippen LogP contribution in [0.25, 0.3) is 0 Å². The minimum Gasteiger partial charge on any atom is -0.377 e. The van der Waals surface area contributed by atoms with E-state index < -0.39 is 0 Å². The SMILES string of the molecule is NC(=O)CN(C[C@@H]1CCCO1)C[C@@H]1CCCO1. The Bertz CT molecular complexity index is 230. The molecular formula is C12H22N2O3. The number of carbonyl (C=O) groups is 1. The Hall–Kier alpha value is -0.650. The van der Waals surface area contributed by atoms with Crippen LogP contribution in [0, 0.1) is 0 Å². The molecule has 0 unspecified atom stereocenters. The Morgan fingerprint density at radius 2 is 1.65 bits per heavy atom. The molecular weight excluding hydrogens is 220 g/mol. The smallest absolute Gasteiger partial charge is 0.231 e. The van der Waals surface area contributed by atoms with Gasteiger partial charge in [0.05, 0.1) is 18.8 Å². The van der Waals surface area contributed by atoms with Gasteiger partial charge in [-0.3, -0.25) is 9.69 Å². The number of rotatable bonds is 6. The van der Waals surface area contributed by atoms with Gasteiger partial charge in [-0.1, -0.05) is 0 Å². The summed E-state index contributed by atoms with van der Waals surface area (Å²) >= 11 is 0. The highest BCUT2D eigenvalue weighted by Gasteiger charge is 2.24. The molecule has 0 aliphatic carbocycles. The Labute approximate surface area is 102 Å². The second-order valence-electron chi connectivity index (χ2n) is 4.93.